The summed E-state index contributed by atoms with van der Waals surface area (Å²) in [7, 11) is 2.27. The van der Waals surface area contributed by atoms with Crippen molar-refractivity contribution in [1.82, 2.24) is 4.75 Å². The van der Waals surface area contributed by atoms with Crippen molar-refractivity contribution >= 4 is 15.9 Å². The Bertz CT molecular complexity index is 284. The van der Waals surface area contributed by atoms with Crippen LogP contribution in [0.2, 0.25) is 0 Å². The monoisotopic (exact) mass is 271 g/mol. The number of nitrogens with zero attached hydrogens (tertiary/aromatic N) is 1. The minimum Gasteiger partial charge on any atom is -0.240 e. The predicted octanol–water partition coefficient (Wildman–Crippen LogP) is 6.07. The molecular formula is C14H27NP2. The fraction of sp³-hybridized carbons (Fsp3) is 0.857. The zero-order chi connectivity index (χ0) is 12.3. The van der Waals surface area contributed by atoms with Gasteiger partial charge in [-0.15, -0.1) is 0 Å². The van der Waals surface area contributed by atoms with Crippen molar-refractivity contribution in [2.24, 2.45) is 0 Å². The highest BCUT2D eigenvalue weighted by molar-refractivity contribution is 7.89. The summed E-state index contributed by atoms with van der Waals surface area (Å²) < 4.78 is 4.58. The second kappa shape index (κ2) is 10.1. The van der Waals surface area contributed by atoms with Crippen molar-refractivity contribution in [3.05, 3.63) is 11.0 Å². The lowest BCUT2D eigenvalue weighted by atomic mass is 10.1. The van der Waals surface area contributed by atoms with Crippen LogP contribution < -0.4 is 0 Å². The average Bonchev–Trinajstić information content (AvgIpc) is 2.73. The summed E-state index contributed by atoms with van der Waals surface area (Å²) in [6.45, 7) is 4.53. The largest absolute Gasteiger partial charge is 0.240 e. The lowest BCUT2D eigenvalue weighted by Gasteiger charge is -2.01. The molecule has 0 fully saturated rings. The molecule has 0 radical (unpaired) electrons. The Balaban J connectivity index is 1.86. The number of rotatable bonds is 10. The van der Waals surface area contributed by atoms with E-state index in [2.05, 4.69) is 18.6 Å². The Morgan fingerprint density at radius 1 is 0.941 bits per heavy atom. The number of hydrogen-bond acceptors (Lipinski definition) is 1. The quantitative estimate of drug-likeness (QED) is 0.470. The fourth-order valence-corrected chi connectivity index (χ4v) is 4.48. The number of unbranched alkanes of at least 4 members (excludes halogenated alkanes) is 8. The third kappa shape index (κ3) is 7.22. The molecular weight excluding hydrogens is 244 g/mol. The molecule has 1 aromatic rings. The van der Waals surface area contributed by atoms with Gasteiger partial charge in [0.1, 0.15) is 0 Å². The van der Waals surface area contributed by atoms with Crippen molar-refractivity contribution in [2.45, 2.75) is 78.1 Å². The molecule has 98 valence electrons. The van der Waals surface area contributed by atoms with E-state index in [-0.39, 0.29) is 0 Å². The molecule has 0 saturated heterocycles. The van der Waals surface area contributed by atoms with Gasteiger partial charge in [0.05, 0.1) is 5.69 Å². The third-order valence-corrected chi connectivity index (χ3v) is 6.01. The van der Waals surface area contributed by atoms with E-state index in [4.69, 9.17) is 0 Å². The summed E-state index contributed by atoms with van der Waals surface area (Å²) in [5, 5.41) is 1.53. The van der Waals surface area contributed by atoms with Crippen LogP contribution >= 0.6 is 15.9 Å². The van der Waals surface area contributed by atoms with Crippen LogP contribution in [0.5, 0.6) is 0 Å². The summed E-state index contributed by atoms with van der Waals surface area (Å²) in [5.41, 5.74) is 1.42. The van der Waals surface area contributed by atoms with E-state index >= 15 is 0 Å². The molecule has 0 aliphatic heterocycles. The van der Waals surface area contributed by atoms with Crippen molar-refractivity contribution in [3.63, 3.8) is 0 Å². The third-order valence-electron chi connectivity index (χ3n) is 3.34. The van der Waals surface area contributed by atoms with Gasteiger partial charge in [-0.3, -0.25) is 0 Å². The molecule has 0 bridgehead atoms. The second-order valence-corrected chi connectivity index (χ2v) is 7.52. The maximum Gasteiger partial charge on any atom is 0.0523 e. The first kappa shape index (κ1) is 15.2. The van der Waals surface area contributed by atoms with E-state index in [1.54, 1.807) is 0 Å². The summed E-state index contributed by atoms with van der Waals surface area (Å²) in [6, 6.07) is 0. The fourth-order valence-electron chi connectivity index (χ4n) is 2.15. The number of aromatic nitrogens is 1. The predicted molar refractivity (Wildman–Crippen MR) is 81.9 cm³/mol. The first-order valence-electron chi connectivity index (χ1n) is 7.21. The molecule has 1 heterocycles. The molecule has 0 aromatic carbocycles. The molecule has 0 saturated carbocycles. The van der Waals surface area contributed by atoms with Crippen molar-refractivity contribution in [3.8, 4) is 0 Å². The highest BCUT2D eigenvalue weighted by Gasteiger charge is 2.00. The van der Waals surface area contributed by atoms with Gasteiger partial charge in [-0.2, -0.15) is 0 Å². The van der Waals surface area contributed by atoms with Crippen LogP contribution in [0.15, 0.2) is 0 Å². The van der Waals surface area contributed by atoms with E-state index in [0.29, 0.717) is 0 Å². The van der Waals surface area contributed by atoms with Gasteiger partial charge in [0.15, 0.2) is 0 Å². The van der Waals surface area contributed by atoms with E-state index in [9.17, 15) is 0 Å². The van der Waals surface area contributed by atoms with Gasteiger partial charge < -0.3 is 0 Å². The standard InChI is InChI=1S/C14H27NP2/c1-3-4-5-6-7-8-9-10-11-12-14-13(2)16-17-15-14/h17H,3-12H2,1-2H3. The molecule has 1 nitrogen and oxygen atoms in total. The van der Waals surface area contributed by atoms with Gasteiger partial charge >= 0.3 is 0 Å². The van der Waals surface area contributed by atoms with Crippen molar-refractivity contribution in [1.29, 1.82) is 0 Å². The SMILES string of the molecule is CCCCCCCCCCCc1n[pH]pc1C. The topological polar surface area (TPSA) is 12.9 Å². The van der Waals surface area contributed by atoms with E-state index < -0.39 is 0 Å². The van der Waals surface area contributed by atoms with Crippen LogP contribution in [0, 0.1) is 6.92 Å². The van der Waals surface area contributed by atoms with Crippen LogP contribution in [-0.2, 0) is 6.42 Å². The Morgan fingerprint density at radius 2 is 1.53 bits per heavy atom. The van der Waals surface area contributed by atoms with Gasteiger partial charge in [-0.05, 0) is 35.7 Å². The molecule has 1 atom stereocenters. The molecule has 17 heavy (non-hydrogen) atoms. The first-order valence-corrected chi connectivity index (χ1v) is 9.89. The Hall–Kier alpha value is 0.140. The van der Waals surface area contributed by atoms with Gasteiger partial charge in [-0.1, -0.05) is 58.3 Å². The molecule has 0 amide bonds. The highest BCUT2D eigenvalue weighted by atomic mass is 31.8. The average molecular weight is 271 g/mol. The summed E-state index contributed by atoms with van der Waals surface area (Å²) in [4.78, 5) is 0. The van der Waals surface area contributed by atoms with Gasteiger partial charge in [0, 0.05) is 5.30 Å². The van der Waals surface area contributed by atoms with Crippen LogP contribution in [0.1, 0.15) is 75.7 Å². The van der Waals surface area contributed by atoms with Crippen LogP contribution in [0.25, 0.3) is 0 Å². The van der Waals surface area contributed by atoms with E-state index in [1.807, 2.05) is 0 Å². The highest BCUT2D eigenvalue weighted by Crippen LogP contribution is 2.27. The van der Waals surface area contributed by atoms with Crippen molar-refractivity contribution in [2.75, 3.05) is 0 Å². The maximum absolute atomic E-state index is 4.58. The lowest BCUT2D eigenvalue weighted by Crippen LogP contribution is -1.88. The first-order chi connectivity index (χ1) is 8.34. The molecule has 1 aromatic heterocycles. The molecule has 0 aliphatic rings. The molecule has 0 aliphatic carbocycles. The zero-order valence-electron chi connectivity index (χ0n) is 11.5. The Labute approximate surface area is 110 Å². The number of hydrogen-bond donors (Lipinski definition) is 0. The molecule has 0 spiro atoms. The van der Waals surface area contributed by atoms with Crippen LogP contribution in [0.4, 0.5) is 0 Å². The smallest absolute Gasteiger partial charge is 0.0523 e. The summed E-state index contributed by atoms with van der Waals surface area (Å²) in [6.07, 6.45) is 14.0. The summed E-state index contributed by atoms with van der Waals surface area (Å²) in [5.74, 6) is 0. The second-order valence-electron chi connectivity index (χ2n) is 4.93. The minimum atomic E-state index is 0.804. The zero-order valence-corrected chi connectivity index (χ0v) is 13.4. The van der Waals surface area contributed by atoms with E-state index in [0.717, 1.165) is 8.03 Å². The maximum atomic E-state index is 4.58. The number of aryl methyl sites for hydroxylation is 2. The van der Waals surface area contributed by atoms with Gasteiger partial charge in [-0.25, -0.2) is 4.75 Å². The van der Waals surface area contributed by atoms with Gasteiger partial charge in [0.25, 0.3) is 0 Å². The molecule has 1 rings (SSSR count). The van der Waals surface area contributed by atoms with Crippen LogP contribution in [-0.4, -0.2) is 4.75 Å². The summed E-state index contributed by atoms with van der Waals surface area (Å²) >= 11 is 0. The Morgan fingerprint density at radius 3 is 2.06 bits per heavy atom. The van der Waals surface area contributed by atoms with Crippen molar-refractivity contribution < 1.29 is 0 Å². The normalized spacial score (nSPS) is 11.9. The van der Waals surface area contributed by atoms with Crippen LogP contribution in [0.3, 0.4) is 0 Å². The lowest BCUT2D eigenvalue weighted by molar-refractivity contribution is 0.564. The van der Waals surface area contributed by atoms with Gasteiger partial charge in [0.2, 0.25) is 0 Å². The molecule has 0 N–H and O–H groups in total. The minimum absolute atomic E-state index is 0.804. The Kier molecular flexibility index (Phi) is 9.03. The molecule has 1 unspecified atom stereocenters. The van der Waals surface area contributed by atoms with E-state index in [1.165, 1.54) is 83.1 Å². The molecule has 3 heteroatoms.